The highest BCUT2D eigenvalue weighted by Crippen LogP contribution is 2.54. The smallest absolute Gasteiger partial charge is 0.137 e. The Balaban J connectivity index is 1.41. The van der Waals surface area contributed by atoms with E-state index in [0.717, 1.165) is 55.7 Å². The van der Waals surface area contributed by atoms with Crippen LogP contribution in [0, 0.1) is 0 Å². The van der Waals surface area contributed by atoms with Crippen molar-refractivity contribution in [1.29, 1.82) is 0 Å². The summed E-state index contributed by atoms with van der Waals surface area (Å²) in [6, 6.07) is 60.8. The zero-order valence-electron chi connectivity index (χ0n) is 30.9. The van der Waals surface area contributed by atoms with Crippen molar-refractivity contribution < 1.29 is 4.42 Å². The first kappa shape index (κ1) is 33.2. The Morgan fingerprint density at radius 3 is 1.91 bits per heavy atom. The zero-order chi connectivity index (χ0) is 36.8. The normalized spacial score (nSPS) is 15.1. The van der Waals surface area contributed by atoms with Crippen LogP contribution in [0.25, 0.3) is 60.9 Å². The van der Waals surface area contributed by atoms with Gasteiger partial charge in [0.05, 0.1) is 5.69 Å². The van der Waals surface area contributed by atoms with E-state index in [1.807, 2.05) is 18.2 Å². The molecule has 2 nitrogen and oxygen atoms in total. The second-order valence-corrected chi connectivity index (χ2v) is 14.5. The van der Waals surface area contributed by atoms with Gasteiger partial charge in [-0.3, -0.25) is 0 Å². The average molecular weight is 696 g/mol. The molecule has 260 valence electrons. The van der Waals surface area contributed by atoms with E-state index in [4.69, 9.17) is 4.42 Å². The number of hydrogen-bond donors (Lipinski definition) is 0. The van der Waals surface area contributed by atoms with Crippen LogP contribution in [0.1, 0.15) is 31.9 Å². The Labute approximate surface area is 317 Å². The Morgan fingerprint density at radius 1 is 0.574 bits per heavy atom. The Morgan fingerprint density at radius 2 is 1.17 bits per heavy atom. The van der Waals surface area contributed by atoms with Gasteiger partial charge in [-0.2, -0.15) is 0 Å². The third-order valence-electron chi connectivity index (χ3n) is 11.1. The molecule has 8 aromatic rings. The fourth-order valence-corrected chi connectivity index (χ4v) is 8.57. The zero-order valence-corrected chi connectivity index (χ0v) is 30.9. The van der Waals surface area contributed by atoms with Crippen LogP contribution in [-0.2, 0) is 5.41 Å². The number of furan rings is 1. The van der Waals surface area contributed by atoms with Crippen molar-refractivity contribution in [3.05, 3.63) is 211 Å². The van der Waals surface area contributed by atoms with Crippen molar-refractivity contribution in [2.45, 2.75) is 26.2 Å². The van der Waals surface area contributed by atoms with Crippen molar-refractivity contribution in [2.24, 2.45) is 0 Å². The first-order valence-electron chi connectivity index (χ1n) is 18.6. The molecule has 0 unspecified atom stereocenters. The van der Waals surface area contributed by atoms with Crippen molar-refractivity contribution in [1.82, 2.24) is 0 Å². The number of anilines is 2. The first-order valence-corrected chi connectivity index (χ1v) is 18.6. The van der Waals surface area contributed by atoms with Crippen LogP contribution >= 0.6 is 0 Å². The van der Waals surface area contributed by atoms with Gasteiger partial charge in [0, 0.05) is 44.8 Å². The Bertz CT molecular complexity index is 2760. The van der Waals surface area contributed by atoms with Gasteiger partial charge in [0.1, 0.15) is 11.2 Å². The second-order valence-electron chi connectivity index (χ2n) is 14.5. The minimum absolute atomic E-state index is 0.218. The quantitative estimate of drug-likeness (QED) is 0.165. The Hall–Kier alpha value is -6.64. The molecule has 0 spiro atoms. The number of fused-ring (bicyclic) bond motifs is 4. The van der Waals surface area contributed by atoms with Crippen molar-refractivity contribution in [3.8, 4) is 33.4 Å². The van der Waals surface area contributed by atoms with Crippen molar-refractivity contribution >= 4 is 38.9 Å². The monoisotopic (exact) mass is 695 g/mol. The molecule has 0 saturated heterocycles. The molecule has 0 saturated carbocycles. The summed E-state index contributed by atoms with van der Waals surface area (Å²) in [6.45, 7) is 11.1. The predicted molar refractivity (Wildman–Crippen MR) is 229 cm³/mol. The van der Waals surface area contributed by atoms with Crippen LogP contribution in [0.15, 0.2) is 204 Å². The van der Waals surface area contributed by atoms with Crippen molar-refractivity contribution in [3.63, 3.8) is 0 Å². The molecular formula is C52H41NO. The van der Waals surface area contributed by atoms with Gasteiger partial charge < -0.3 is 9.32 Å². The van der Waals surface area contributed by atoms with E-state index in [1.54, 1.807) is 0 Å². The molecule has 2 heteroatoms. The van der Waals surface area contributed by atoms with Crippen LogP contribution in [-0.4, -0.2) is 0 Å². The maximum Gasteiger partial charge on any atom is 0.137 e. The summed E-state index contributed by atoms with van der Waals surface area (Å²) >= 11 is 0. The lowest BCUT2D eigenvalue weighted by Crippen LogP contribution is -2.19. The molecule has 0 amide bonds. The predicted octanol–water partition coefficient (Wildman–Crippen LogP) is 14.6. The van der Waals surface area contributed by atoms with Crippen LogP contribution in [0.2, 0.25) is 0 Å². The summed E-state index contributed by atoms with van der Waals surface area (Å²) in [4.78, 5) is 2.46. The molecule has 0 aliphatic heterocycles. The van der Waals surface area contributed by atoms with E-state index in [1.165, 1.54) is 39.0 Å². The summed E-state index contributed by atoms with van der Waals surface area (Å²) in [5.74, 6) is 0. The third-order valence-corrected chi connectivity index (χ3v) is 11.1. The molecule has 7 aromatic carbocycles. The van der Waals surface area contributed by atoms with Gasteiger partial charge in [-0.1, -0.05) is 172 Å². The van der Waals surface area contributed by atoms with Crippen LogP contribution in [0.3, 0.4) is 0 Å². The van der Waals surface area contributed by atoms with E-state index >= 15 is 0 Å². The lowest BCUT2D eigenvalue weighted by atomic mass is 9.81. The molecule has 0 radical (unpaired) electrons. The molecule has 1 aliphatic rings. The van der Waals surface area contributed by atoms with E-state index in [2.05, 4.69) is 196 Å². The SMILES string of the molecule is C=C/C=C1\C(=C(/C)N(c2ccc3c(c2)oc2ccccc23)c2cccc(-c3ccccc3)c2-c2ccccc2-c2ccccc2)c2ccccc2C1(C)C. The van der Waals surface area contributed by atoms with Gasteiger partial charge in [-0.05, 0) is 75.7 Å². The largest absolute Gasteiger partial charge is 0.456 e. The summed E-state index contributed by atoms with van der Waals surface area (Å²) in [5, 5.41) is 2.22. The molecule has 54 heavy (non-hydrogen) atoms. The van der Waals surface area contributed by atoms with Gasteiger partial charge in [0.15, 0.2) is 0 Å². The number of allylic oxidation sites excluding steroid dienone is 5. The third kappa shape index (κ3) is 5.42. The van der Waals surface area contributed by atoms with E-state index in [9.17, 15) is 0 Å². The molecule has 1 heterocycles. The number of rotatable bonds is 7. The highest BCUT2D eigenvalue weighted by Gasteiger charge is 2.40. The minimum Gasteiger partial charge on any atom is -0.456 e. The summed E-state index contributed by atoms with van der Waals surface area (Å²) in [5.41, 5.74) is 16.8. The summed E-state index contributed by atoms with van der Waals surface area (Å²) < 4.78 is 6.55. The van der Waals surface area contributed by atoms with E-state index in [-0.39, 0.29) is 5.41 Å². The fraction of sp³-hybridized carbons (Fsp3) is 0.0769. The molecule has 0 fully saturated rings. The van der Waals surface area contributed by atoms with E-state index in [0.29, 0.717) is 0 Å². The minimum atomic E-state index is -0.218. The molecule has 1 aromatic heterocycles. The van der Waals surface area contributed by atoms with Crippen LogP contribution < -0.4 is 4.90 Å². The average Bonchev–Trinajstić information content (AvgIpc) is 3.70. The lowest BCUT2D eigenvalue weighted by Gasteiger charge is -2.32. The molecule has 9 rings (SSSR count). The molecule has 1 aliphatic carbocycles. The van der Waals surface area contributed by atoms with Crippen LogP contribution in [0.5, 0.6) is 0 Å². The number of nitrogens with zero attached hydrogens (tertiary/aromatic N) is 1. The maximum atomic E-state index is 6.55. The van der Waals surface area contributed by atoms with E-state index < -0.39 is 0 Å². The second kappa shape index (κ2) is 13.4. The van der Waals surface area contributed by atoms with Gasteiger partial charge in [-0.25, -0.2) is 0 Å². The molecule has 0 bridgehead atoms. The van der Waals surface area contributed by atoms with Crippen LogP contribution in [0.4, 0.5) is 11.4 Å². The van der Waals surface area contributed by atoms with Gasteiger partial charge in [-0.15, -0.1) is 0 Å². The highest BCUT2D eigenvalue weighted by atomic mass is 16.3. The lowest BCUT2D eigenvalue weighted by molar-refractivity contribution is 0.660. The topological polar surface area (TPSA) is 16.4 Å². The molecule has 0 N–H and O–H groups in total. The van der Waals surface area contributed by atoms with Gasteiger partial charge >= 0.3 is 0 Å². The number of benzene rings is 7. The summed E-state index contributed by atoms with van der Waals surface area (Å²) in [7, 11) is 0. The summed E-state index contributed by atoms with van der Waals surface area (Å²) in [6.07, 6.45) is 4.13. The van der Waals surface area contributed by atoms with Gasteiger partial charge in [0.25, 0.3) is 0 Å². The molecular weight excluding hydrogens is 655 g/mol. The highest BCUT2D eigenvalue weighted by molar-refractivity contribution is 6.07. The Kier molecular flexibility index (Phi) is 8.24. The molecule has 0 atom stereocenters. The van der Waals surface area contributed by atoms with Gasteiger partial charge in [0.2, 0.25) is 0 Å². The standard InChI is InChI=1S/C52H41NO/c1-5-19-46-50(44-27-14-16-29-45(44)52(46,3)4)35(2)53(38-32-33-42-41-25-15-17-31-48(41)54-49(42)34-38)47-30-18-28-40(37-22-10-7-11-23-37)51(47)43-26-13-12-24-39(43)36-20-8-6-9-21-36/h5-34H,1H2,2-4H3/b46-19+,50-35+. The fourth-order valence-electron chi connectivity index (χ4n) is 8.57. The maximum absolute atomic E-state index is 6.55. The first-order chi connectivity index (χ1) is 26.5. The number of para-hydroxylation sites is 1. The van der Waals surface area contributed by atoms with Crippen molar-refractivity contribution in [2.75, 3.05) is 4.90 Å². The number of hydrogen-bond acceptors (Lipinski definition) is 2.